The zero-order valence-corrected chi connectivity index (χ0v) is 13.3. The predicted octanol–water partition coefficient (Wildman–Crippen LogP) is 3.92. The molecule has 3 nitrogen and oxygen atoms in total. The number of nitrogens with zero attached hydrogens (tertiary/aromatic N) is 1. The van der Waals surface area contributed by atoms with E-state index in [-0.39, 0.29) is 11.8 Å². The fraction of sp³-hybridized carbons (Fsp3) is 0.500. The number of benzene rings is 1. The highest BCUT2D eigenvalue weighted by molar-refractivity contribution is 6.09. The van der Waals surface area contributed by atoms with E-state index in [9.17, 15) is 9.59 Å². The molecule has 1 aromatic carbocycles. The highest BCUT2D eigenvalue weighted by Gasteiger charge is 2.26. The van der Waals surface area contributed by atoms with Gasteiger partial charge in [0.2, 0.25) is 5.91 Å². The van der Waals surface area contributed by atoms with Crippen molar-refractivity contribution in [3.63, 3.8) is 0 Å². The van der Waals surface area contributed by atoms with Crippen LogP contribution in [-0.4, -0.2) is 23.8 Å². The third-order valence-electron chi connectivity index (χ3n) is 2.27. The van der Waals surface area contributed by atoms with Gasteiger partial charge >= 0.3 is 0 Å². The van der Waals surface area contributed by atoms with Crippen LogP contribution in [0.3, 0.4) is 0 Å². The molecule has 1 aliphatic rings. The van der Waals surface area contributed by atoms with Crippen LogP contribution in [0.4, 0.5) is 0 Å². The Morgan fingerprint density at radius 3 is 1.89 bits per heavy atom. The monoisotopic (exact) mass is 265 g/mol. The number of likely N-dealkylation sites (N-methyl/N-ethyl adjacent to an activating group) is 1. The maximum absolute atomic E-state index is 11.5. The molecule has 0 bridgehead atoms. The third kappa shape index (κ3) is 5.25. The molecule has 2 rings (SSSR count). The quantitative estimate of drug-likeness (QED) is 0.667. The SMILES string of the molecule is CC.CC.CC.CN1C(=O)Cc2ccccc2C1=O. The Bertz CT molecular complexity index is 386. The van der Waals surface area contributed by atoms with Crippen LogP contribution in [0.25, 0.3) is 0 Å². The fourth-order valence-electron chi connectivity index (χ4n) is 1.46. The first-order valence-electron chi connectivity index (χ1n) is 7.09. The van der Waals surface area contributed by atoms with Crippen molar-refractivity contribution in [1.29, 1.82) is 0 Å². The first kappa shape index (κ1) is 19.7. The second-order valence-electron chi connectivity index (χ2n) is 3.09. The number of rotatable bonds is 0. The Morgan fingerprint density at radius 2 is 1.37 bits per heavy atom. The van der Waals surface area contributed by atoms with Crippen LogP contribution < -0.4 is 0 Å². The van der Waals surface area contributed by atoms with Gasteiger partial charge in [0, 0.05) is 12.6 Å². The number of amides is 2. The summed E-state index contributed by atoms with van der Waals surface area (Å²) in [6.45, 7) is 12.0. The van der Waals surface area contributed by atoms with Crippen molar-refractivity contribution in [2.45, 2.75) is 48.0 Å². The molecule has 0 N–H and O–H groups in total. The molecule has 0 saturated carbocycles. The summed E-state index contributed by atoms with van der Waals surface area (Å²) < 4.78 is 0. The van der Waals surface area contributed by atoms with E-state index in [0.29, 0.717) is 12.0 Å². The van der Waals surface area contributed by atoms with Gasteiger partial charge in [-0.15, -0.1) is 0 Å². The topological polar surface area (TPSA) is 37.4 Å². The molecule has 19 heavy (non-hydrogen) atoms. The van der Waals surface area contributed by atoms with Gasteiger partial charge in [0.1, 0.15) is 0 Å². The van der Waals surface area contributed by atoms with Gasteiger partial charge in [-0.3, -0.25) is 14.5 Å². The molecular formula is C16H27NO2. The summed E-state index contributed by atoms with van der Waals surface area (Å²) in [7, 11) is 1.51. The van der Waals surface area contributed by atoms with E-state index in [1.54, 1.807) is 12.1 Å². The third-order valence-corrected chi connectivity index (χ3v) is 2.27. The van der Waals surface area contributed by atoms with Crippen molar-refractivity contribution in [1.82, 2.24) is 4.90 Å². The summed E-state index contributed by atoms with van der Waals surface area (Å²) >= 11 is 0. The van der Waals surface area contributed by atoms with Crippen molar-refractivity contribution < 1.29 is 9.59 Å². The van der Waals surface area contributed by atoms with Crippen LogP contribution in [0.1, 0.15) is 57.5 Å². The highest BCUT2D eigenvalue weighted by Crippen LogP contribution is 2.17. The Kier molecular flexibility index (Phi) is 11.9. The number of carbonyl (C=O) groups is 2. The molecule has 1 aliphatic heterocycles. The molecule has 0 aliphatic carbocycles. The van der Waals surface area contributed by atoms with Crippen LogP contribution in [0.5, 0.6) is 0 Å². The molecule has 0 radical (unpaired) electrons. The molecular weight excluding hydrogens is 238 g/mol. The average Bonchev–Trinajstić information content (AvgIpc) is 2.51. The molecule has 2 amide bonds. The molecule has 1 heterocycles. The summed E-state index contributed by atoms with van der Waals surface area (Å²) in [4.78, 5) is 24.0. The minimum Gasteiger partial charge on any atom is -0.281 e. The molecule has 0 atom stereocenters. The first-order valence-corrected chi connectivity index (χ1v) is 7.09. The van der Waals surface area contributed by atoms with E-state index in [2.05, 4.69) is 0 Å². The van der Waals surface area contributed by atoms with Crippen LogP contribution >= 0.6 is 0 Å². The van der Waals surface area contributed by atoms with Crippen LogP contribution in [-0.2, 0) is 11.2 Å². The number of carbonyl (C=O) groups excluding carboxylic acids is 2. The van der Waals surface area contributed by atoms with Gasteiger partial charge in [-0.05, 0) is 11.6 Å². The Hall–Kier alpha value is -1.64. The van der Waals surface area contributed by atoms with Gasteiger partial charge in [0.25, 0.3) is 5.91 Å². The lowest BCUT2D eigenvalue weighted by Gasteiger charge is -2.22. The van der Waals surface area contributed by atoms with Gasteiger partial charge in [-0.25, -0.2) is 0 Å². The van der Waals surface area contributed by atoms with Crippen molar-refractivity contribution >= 4 is 11.8 Å². The minimum atomic E-state index is -0.202. The normalized spacial score (nSPS) is 11.8. The zero-order valence-electron chi connectivity index (χ0n) is 13.3. The molecule has 0 unspecified atom stereocenters. The standard InChI is InChI=1S/C10H9NO2.3C2H6/c1-11-9(12)6-7-4-2-3-5-8(7)10(11)13;3*1-2/h2-5H,6H2,1H3;3*1-2H3. The average molecular weight is 265 g/mol. The largest absolute Gasteiger partial charge is 0.281 e. The molecule has 1 aromatic rings. The van der Waals surface area contributed by atoms with E-state index in [0.717, 1.165) is 5.56 Å². The van der Waals surface area contributed by atoms with Gasteiger partial charge in [0.15, 0.2) is 0 Å². The highest BCUT2D eigenvalue weighted by atomic mass is 16.2. The zero-order chi connectivity index (χ0) is 15.4. The van der Waals surface area contributed by atoms with Gasteiger partial charge < -0.3 is 0 Å². The van der Waals surface area contributed by atoms with Crippen molar-refractivity contribution in [3.8, 4) is 0 Å². The number of fused-ring (bicyclic) bond motifs is 1. The Labute approximate surface area is 117 Å². The lowest BCUT2D eigenvalue weighted by Crippen LogP contribution is -2.39. The lowest BCUT2D eigenvalue weighted by atomic mass is 9.99. The van der Waals surface area contributed by atoms with Crippen molar-refractivity contribution in [2.24, 2.45) is 0 Å². The summed E-state index contributed by atoms with van der Waals surface area (Å²) in [5.41, 5.74) is 1.47. The number of hydrogen-bond donors (Lipinski definition) is 0. The summed E-state index contributed by atoms with van der Waals surface area (Å²) in [6.07, 6.45) is 0.332. The maximum atomic E-state index is 11.5. The predicted molar refractivity (Wildman–Crippen MR) is 81.3 cm³/mol. The first-order chi connectivity index (χ1) is 9.20. The smallest absolute Gasteiger partial charge is 0.260 e. The molecule has 3 heteroatoms. The lowest BCUT2D eigenvalue weighted by molar-refractivity contribution is -0.127. The van der Waals surface area contributed by atoms with E-state index in [1.165, 1.54) is 11.9 Å². The molecule has 0 spiro atoms. The van der Waals surface area contributed by atoms with Gasteiger partial charge in [-0.2, -0.15) is 0 Å². The van der Waals surface area contributed by atoms with Crippen LogP contribution in [0.15, 0.2) is 24.3 Å². The summed E-state index contributed by atoms with van der Waals surface area (Å²) in [5.74, 6) is -0.337. The number of imide groups is 1. The van der Waals surface area contributed by atoms with E-state index >= 15 is 0 Å². The second-order valence-corrected chi connectivity index (χ2v) is 3.09. The van der Waals surface area contributed by atoms with Gasteiger partial charge in [-0.1, -0.05) is 59.7 Å². The van der Waals surface area contributed by atoms with E-state index in [1.807, 2.05) is 53.7 Å². The van der Waals surface area contributed by atoms with Crippen molar-refractivity contribution in [3.05, 3.63) is 35.4 Å². The summed E-state index contributed by atoms with van der Waals surface area (Å²) in [6, 6.07) is 7.21. The second kappa shape index (κ2) is 11.5. The molecule has 0 aromatic heterocycles. The van der Waals surface area contributed by atoms with Gasteiger partial charge in [0.05, 0.1) is 6.42 Å². The Balaban J connectivity index is 0. The molecule has 0 fully saturated rings. The number of hydrogen-bond acceptors (Lipinski definition) is 2. The van der Waals surface area contributed by atoms with E-state index in [4.69, 9.17) is 0 Å². The molecule has 0 saturated heterocycles. The Morgan fingerprint density at radius 1 is 0.895 bits per heavy atom. The van der Waals surface area contributed by atoms with E-state index < -0.39 is 0 Å². The minimum absolute atomic E-state index is 0.135. The maximum Gasteiger partial charge on any atom is 0.260 e. The van der Waals surface area contributed by atoms with Crippen LogP contribution in [0.2, 0.25) is 0 Å². The fourth-order valence-corrected chi connectivity index (χ4v) is 1.46. The van der Waals surface area contributed by atoms with Crippen molar-refractivity contribution in [2.75, 3.05) is 7.05 Å². The summed E-state index contributed by atoms with van der Waals surface area (Å²) in [5, 5.41) is 0. The molecule has 108 valence electrons. The van der Waals surface area contributed by atoms with Crippen LogP contribution in [0, 0.1) is 0 Å².